The predicted octanol–water partition coefficient (Wildman–Crippen LogP) is 3.17. The first-order valence-electron chi connectivity index (χ1n) is 10.5. The molecular formula is C24H23N5O4. The Balaban J connectivity index is 1.47. The van der Waals surface area contributed by atoms with Crippen molar-refractivity contribution in [3.8, 4) is 5.75 Å². The summed E-state index contributed by atoms with van der Waals surface area (Å²) >= 11 is 0. The number of fused-ring (bicyclic) bond motifs is 1. The number of aryl methyl sites for hydroxylation is 1. The third kappa shape index (κ3) is 3.52. The average Bonchev–Trinajstić information content (AvgIpc) is 3.35. The van der Waals surface area contributed by atoms with Crippen LogP contribution in [0.3, 0.4) is 0 Å². The standard InChI is InChI=1S/C24H23N5O4/c1-14-12-17(21(30)20(13-14)29-25-18-6-4-5-7-19(18)26-29)22-23(31)28(24(32)33-22)16-10-8-15(9-11-16)27(2)3/h4-13,18,22,25,30H,1-3H3. The van der Waals surface area contributed by atoms with E-state index in [4.69, 9.17) is 4.74 Å². The SMILES string of the molecule is Cc1cc(C2OC(=O)N(c3ccc(N(C)C)cc3)C2=O)c(O)c(N2N=C3C=CC=CC3N2)c1. The second-order valence-corrected chi connectivity index (χ2v) is 8.26. The van der Waals surface area contributed by atoms with Gasteiger partial charge in [0.2, 0.25) is 6.10 Å². The number of ether oxygens (including phenoxy) is 1. The Labute approximate surface area is 190 Å². The van der Waals surface area contributed by atoms with Gasteiger partial charge in [0.05, 0.1) is 17.4 Å². The molecule has 2 aromatic carbocycles. The topological polar surface area (TPSA) is 97.7 Å². The summed E-state index contributed by atoms with van der Waals surface area (Å²) in [6, 6.07) is 10.3. The zero-order chi connectivity index (χ0) is 23.3. The number of carbonyl (C=O) groups is 2. The van der Waals surface area contributed by atoms with Gasteiger partial charge in [-0.15, -0.1) is 0 Å². The highest BCUT2D eigenvalue weighted by molar-refractivity contribution is 6.18. The van der Waals surface area contributed by atoms with E-state index in [1.807, 2.05) is 62.4 Å². The first kappa shape index (κ1) is 20.8. The minimum atomic E-state index is -1.26. The van der Waals surface area contributed by atoms with E-state index in [9.17, 15) is 14.7 Å². The minimum Gasteiger partial charge on any atom is -0.505 e. The lowest BCUT2D eigenvalue weighted by molar-refractivity contribution is -0.122. The van der Waals surface area contributed by atoms with Crippen molar-refractivity contribution in [2.24, 2.45) is 5.10 Å². The molecule has 168 valence electrons. The van der Waals surface area contributed by atoms with Crippen molar-refractivity contribution in [2.75, 3.05) is 29.0 Å². The van der Waals surface area contributed by atoms with Gasteiger partial charge in [0.25, 0.3) is 5.91 Å². The minimum absolute atomic E-state index is 0.107. The van der Waals surface area contributed by atoms with Crippen LogP contribution in [0.25, 0.3) is 0 Å². The van der Waals surface area contributed by atoms with E-state index in [1.165, 1.54) is 5.12 Å². The van der Waals surface area contributed by atoms with E-state index in [0.29, 0.717) is 11.4 Å². The van der Waals surface area contributed by atoms with Gasteiger partial charge in [-0.2, -0.15) is 15.6 Å². The molecule has 2 aromatic rings. The van der Waals surface area contributed by atoms with Crippen LogP contribution in [0.1, 0.15) is 17.2 Å². The van der Waals surface area contributed by atoms with Crippen LogP contribution in [0, 0.1) is 6.92 Å². The first-order chi connectivity index (χ1) is 15.8. The number of nitrogens with zero attached hydrogens (tertiary/aromatic N) is 4. The van der Waals surface area contributed by atoms with Gasteiger partial charge in [0, 0.05) is 25.3 Å². The van der Waals surface area contributed by atoms with Gasteiger partial charge in [-0.3, -0.25) is 4.79 Å². The van der Waals surface area contributed by atoms with Crippen molar-refractivity contribution in [3.05, 3.63) is 71.8 Å². The van der Waals surface area contributed by atoms with E-state index >= 15 is 0 Å². The van der Waals surface area contributed by atoms with Crippen molar-refractivity contribution in [2.45, 2.75) is 19.1 Å². The summed E-state index contributed by atoms with van der Waals surface area (Å²) in [6.07, 6.45) is 5.59. The zero-order valence-electron chi connectivity index (χ0n) is 18.4. The second-order valence-electron chi connectivity index (χ2n) is 8.26. The Kier molecular flexibility index (Phi) is 4.90. The maximum Gasteiger partial charge on any atom is 0.422 e. The van der Waals surface area contributed by atoms with Gasteiger partial charge in [0.15, 0.2) is 0 Å². The quantitative estimate of drug-likeness (QED) is 0.746. The smallest absolute Gasteiger partial charge is 0.422 e. The van der Waals surface area contributed by atoms with E-state index in [1.54, 1.807) is 24.3 Å². The fraction of sp³-hybridized carbons (Fsp3) is 0.208. The number of nitrogens with one attached hydrogen (secondary N) is 1. The molecule has 0 saturated carbocycles. The first-order valence-corrected chi connectivity index (χ1v) is 10.5. The summed E-state index contributed by atoms with van der Waals surface area (Å²) in [5.41, 5.74) is 6.68. The molecule has 2 amide bonds. The van der Waals surface area contributed by atoms with E-state index in [2.05, 4.69) is 10.5 Å². The number of phenolic OH excluding ortho intramolecular Hbond substituents is 1. The lowest BCUT2D eigenvalue weighted by Gasteiger charge is -2.21. The van der Waals surface area contributed by atoms with E-state index in [0.717, 1.165) is 21.9 Å². The lowest BCUT2D eigenvalue weighted by atomic mass is 10.0. The summed E-state index contributed by atoms with van der Waals surface area (Å²) in [5, 5.41) is 17.1. The van der Waals surface area contributed by atoms with Gasteiger partial charge < -0.3 is 14.7 Å². The van der Waals surface area contributed by atoms with Crippen LogP contribution < -0.4 is 20.3 Å². The molecule has 0 bridgehead atoms. The molecule has 1 aliphatic carbocycles. The molecule has 9 nitrogen and oxygen atoms in total. The maximum absolute atomic E-state index is 13.2. The third-order valence-electron chi connectivity index (χ3n) is 5.72. The number of benzene rings is 2. The molecule has 2 N–H and O–H groups in total. The Hall–Kier alpha value is -4.11. The number of phenols is 1. The molecule has 0 radical (unpaired) electrons. The molecule has 1 saturated heterocycles. The molecule has 9 heteroatoms. The fourth-order valence-electron chi connectivity index (χ4n) is 4.02. The van der Waals surface area contributed by atoms with Crippen molar-refractivity contribution in [1.29, 1.82) is 0 Å². The molecule has 5 rings (SSSR count). The molecule has 1 fully saturated rings. The van der Waals surface area contributed by atoms with Gasteiger partial charge in [-0.1, -0.05) is 18.2 Å². The van der Waals surface area contributed by atoms with Crippen molar-refractivity contribution < 1.29 is 19.4 Å². The number of allylic oxidation sites excluding steroid dienone is 2. The Bertz CT molecular complexity index is 1230. The van der Waals surface area contributed by atoms with Gasteiger partial charge in [-0.25, -0.2) is 9.69 Å². The molecule has 2 aliphatic heterocycles. The van der Waals surface area contributed by atoms with Crippen LogP contribution in [0.2, 0.25) is 0 Å². The maximum atomic E-state index is 13.2. The number of hydrazine groups is 1. The molecule has 33 heavy (non-hydrogen) atoms. The number of carbonyl (C=O) groups excluding carboxylic acids is 2. The lowest BCUT2D eigenvalue weighted by Crippen LogP contribution is -2.37. The van der Waals surface area contributed by atoms with Crippen LogP contribution in [0.15, 0.2) is 65.8 Å². The van der Waals surface area contributed by atoms with Crippen molar-refractivity contribution >= 4 is 34.8 Å². The molecule has 0 spiro atoms. The molecule has 2 unspecified atom stereocenters. The number of rotatable bonds is 4. The Morgan fingerprint density at radius 1 is 1.12 bits per heavy atom. The number of imide groups is 1. The Morgan fingerprint density at radius 2 is 1.88 bits per heavy atom. The summed E-state index contributed by atoms with van der Waals surface area (Å²) in [6.45, 7) is 1.83. The number of hydrazone groups is 1. The van der Waals surface area contributed by atoms with E-state index in [-0.39, 0.29) is 17.4 Å². The van der Waals surface area contributed by atoms with Gasteiger partial charge >= 0.3 is 6.09 Å². The molecule has 2 heterocycles. The van der Waals surface area contributed by atoms with E-state index < -0.39 is 18.1 Å². The summed E-state index contributed by atoms with van der Waals surface area (Å²) in [5.74, 6) is -0.746. The highest BCUT2D eigenvalue weighted by Crippen LogP contribution is 2.41. The third-order valence-corrected chi connectivity index (χ3v) is 5.72. The fourth-order valence-corrected chi connectivity index (χ4v) is 4.02. The monoisotopic (exact) mass is 445 g/mol. The largest absolute Gasteiger partial charge is 0.505 e. The average molecular weight is 445 g/mol. The summed E-state index contributed by atoms with van der Waals surface area (Å²) < 4.78 is 5.42. The highest BCUT2D eigenvalue weighted by atomic mass is 16.6. The van der Waals surface area contributed by atoms with Crippen LogP contribution in [-0.2, 0) is 9.53 Å². The summed E-state index contributed by atoms with van der Waals surface area (Å²) in [4.78, 5) is 28.8. The predicted molar refractivity (Wildman–Crippen MR) is 125 cm³/mol. The van der Waals surface area contributed by atoms with Gasteiger partial charge in [-0.05, 0) is 55.0 Å². The normalized spacial score (nSPS) is 21.4. The second kappa shape index (κ2) is 7.79. The molecule has 2 atom stereocenters. The Morgan fingerprint density at radius 3 is 2.58 bits per heavy atom. The van der Waals surface area contributed by atoms with Crippen LogP contribution in [0.5, 0.6) is 5.75 Å². The number of amides is 2. The van der Waals surface area contributed by atoms with Crippen LogP contribution in [-0.4, -0.2) is 43.0 Å². The molecule has 0 aromatic heterocycles. The number of hydrogen-bond donors (Lipinski definition) is 2. The van der Waals surface area contributed by atoms with Gasteiger partial charge in [0.1, 0.15) is 11.4 Å². The molecule has 3 aliphatic rings. The van der Waals surface area contributed by atoms with Crippen molar-refractivity contribution in [1.82, 2.24) is 5.43 Å². The van der Waals surface area contributed by atoms with Crippen LogP contribution >= 0.6 is 0 Å². The number of cyclic esters (lactones) is 1. The van der Waals surface area contributed by atoms with Crippen LogP contribution in [0.4, 0.5) is 21.9 Å². The summed E-state index contributed by atoms with van der Waals surface area (Å²) in [7, 11) is 3.81. The highest BCUT2D eigenvalue weighted by Gasteiger charge is 2.44. The zero-order valence-corrected chi connectivity index (χ0v) is 18.4. The number of anilines is 3. The molecular weight excluding hydrogens is 422 g/mol. The van der Waals surface area contributed by atoms with Crippen molar-refractivity contribution in [3.63, 3.8) is 0 Å². The number of hydrogen-bond acceptors (Lipinski definition) is 8. The number of aromatic hydroxyl groups is 1.